The highest BCUT2D eigenvalue weighted by Gasteiger charge is 1.99. The lowest BCUT2D eigenvalue weighted by Gasteiger charge is -2.16. The third kappa shape index (κ3) is 4.95. The van der Waals surface area contributed by atoms with Crippen molar-refractivity contribution in [3.8, 4) is 6.07 Å². The molecule has 0 unspecified atom stereocenters. The number of rotatable bonds is 6. The average Bonchev–Trinajstić information content (AvgIpc) is 2.28. The molecule has 0 heterocycles. The third-order valence-corrected chi connectivity index (χ3v) is 2.65. The number of benzene rings is 1. The molecule has 0 amide bonds. The van der Waals surface area contributed by atoms with Crippen molar-refractivity contribution in [3.05, 3.63) is 35.4 Å². The number of unbranched alkanes of at least 4 members (excludes halogenated alkanes) is 2. The maximum absolute atomic E-state index is 8.43. The highest BCUT2D eigenvalue weighted by Crippen LogP contribution is 2.06. The Morgan fingerprint density at radius 2 is 1.88 bits per heavy atom. The number of nitriles is 1. The number of nitrogens with zero attached hydrogens (tertiary/aromatic N) is 2. The minimum Gasteiger partial charge on any atom is -0.302 e. The summed E-state index contributed by atoms with van der Waals surface area (Å²) in [5.41, 5.74) is 2.66. The first-order valence-corrected chi connectivity index (χ1v) is 5.83. The van der Waals surface area contributed by atoms with Crippen molar-refractivity contribution in [1.29, 1.82) is 5.26 Å². The summed E-state index contributed by atoms with van der Waals surface area (Å²) in [6.45, 7) is 4.16. The van der Waals surface area contributed by atoms with Crippen molar-refractivity contribution in [3.63, 3.8) is 0 Å². The predicted octanol–water partition coefficient (Wildman–Crippen LogP) is 3.12. The van der Waals surface area contributed by atoms with E-state index in [1.165, 1.54) is 11.1 Å². The fourth-order valence-electron chi connectivity index (χ4n) is 1.67. The minimum absolute atomic E-state index is 0.679. The Labute approximate surface area is 98.5 Å². The van der Waals surface area contributed by atoms with Crippen molar-refractivity contribution in [2.75, 3.05) is 13.6 Å². The molecule has 0 aliphatic carbocycles. The number of aryl methyl sites for hydroxylation is 1. The topological polar surface area (TPSA) is 27.0 Å². The second kappa shape index (κ2) is 7.03. The first-order chi connectivity index (χ1) is 7.72. The standard InChI is InChI=1S/C14H20N2/c1-13-6-8-14(9-7-13)12-16(2)11-5-3-4-10-15/h6-9H,3-5,11-12H2,1-2H3. The van der Waals surface area contributed by atoms with Crippen LogP contribution in [0.2, 0.25) is 0 Å². The lowest BCUT2D eigenvalue weighted by molar-refractivity contribution is 0.319. The maximum atomic E-state index is 8.43. The van der Waals surface area contributed by atoms with Gasteiger partial charge in [-0.15, -0.1) is 0 Å². The van der Waals surface area contributed by atoms with Crippen LogP contribution in [-0.4, -0.2) is 18.5 Å². The van der Waals surface area contributed by atoms with E-state index in [-0.39, 0.29) is 0 Å². The van der Waals surface area contributed by atoms with Crippen LogP contribution in [0, 0.1) is 18.3 Å². The van der Waals surface area contributed by atoms with Gasteiger partial charge in [-0.2, -0.15) is 5.26 Å². The van der Waals surface area contributed by atoms with Gasteiger partial charge >= 0.3 is 0 Å². The van der Waals surface area contributed by atoms with Crippen LogP contribution in [0.3, 0.4) is 0 Å². The molecule has 0 aliphatic heterocycles. The van der Waals surface area contributed by atoms with Crippen LogP contribution < -0.4 is 0 Å². The van der Waals surface area contributed by atoms with Gasteiger partial charge in [0, 0.05) is 13.0 Å². The Hall–Kier alpha value is -1.33. The Kier molecular flexibility index (Phi) is 5.60. The van der Waals surface area contributed by atoms with Gasteiger partial charge in [0.15, 0.2) is 0 Å². The molecule has 0 saturated carbocycles. The second-order valence-corrected chi connectivity index (χ2v) is 4.34. The van der Waals surface area contributed by atoms with E-state index in [9.17, 15) is 0 Å². The van der Waals surface area contributed by atoms with E-state index in [0.29, 0.717) is 6.42 Å². The van der Waals surface area contributed by atoms with Crippen molar-refractivity contribution in [2.45, 2.75) is 32.7 Å². The third-order valence-electron chi connectivity index (χ3n) is 2.65. The maximum Gasteiger partial charge on any atom is 0.0621 e. The fraction of sp³-hybridized carbons (Fsp3) is 0.500. The minimum atomic E-state index is 0.679. The van der Waals surface area contributed by atoms with Gasteiger partial charge in [0.2, 0.25) is 0 Å². The van der Waals surface area contributed by atoms with Crippen molar-refractivity contribution in [2.24, 2.45) is 0 Å². The Morgan fingerprint density at radius 3 is 2.50 bits per heavy atom. The summed E-state index contributed by atoms with van der Waals surface area (Å²) in [4.78, 5) is 2.31. The molecule has 16 heavy (non-hydrogen) atoms. The Morgan fingerprint density at radius 1 is 1.19 bits per heavy atom. The molecular weight excluding hydrogens is 196 g/mol. The van der Waals surface area contributed by atoms with Crippen molar-refractivity contribution >= 4 is 0 Å². The van der Waals surface area contributed by atoms with Gasteiger partial charge in [-0.05, 0) is 38.9 Å². The largest absolute Gasteiger partial charge is 0.302 e. The van der Waals surface area contributed by atoms with Gasteiger partial charge in [0.1, 0.15) is 0 Å². The zero-order chi connectivity index (χ0) is 11.8. The molecule has 0 bridgehead atoms. The van der Waals surface area contributed by atoms with E-state index in [4.69, 9.17) is 5.26 Å². The number of hydrogen-bond donors (Lipinski definition) is 0. The summed E-state index contributed by atoms with van der Waals surface area (Å²) in [5, 5.41) is 8.43. The van der Waals surface area contributed by atoms with Crippen LogP contribution in [0.5, 0.6) is 0 Å². The van der Waals surface area contributed by atoms with E-state index in [1.54, 1.807) is 0 Å². The predicted molar refractivity (Wildman–Crippen MR) is 67.0 cm³/mol. The molecule has 2 nitrogen and oxygen atoms in total. The van der Waals surface area contributed by atoms with Crippen LogP contribution in [0.1, 0.15) is 30.4 Å². The molecule has 0 saturated heterocycles. The smallest absolute Gasteiger partial charge is 0.0621 e. The molecule has 0 atom stereocenters. The van der Waals surface area contributed by atoms with E-state index >= 15 is 0 Å². The highest BCUT2D eigenvalue weighted by atomic mass is 15.1. The molecule has 0 fully saturated rings. The quantitative estimate of drug-likeness (QED) is 0.683. The van der Waals surface area contributed by atoms with Gasteiger partial charge in [0.05, 0.1) is 6.07 Å². The summed E-state index contributed by atoms with van der Waals surface area (Å²) < 4.78 is 0. The summed E-state index contributed by atoms with van der Waals surface area (Å²) in [7, 11) is 2.13. The van der Waals surface area contributed by atoms with Crippen LogP contribution in [0.15, 0.2) is 24.3 Å². The normalized spacial score (nSPS) is 10.4. The summed E-state index contributed by atoms with van der Waals surface area (Å²) in [5.74, 6) is 0. The molecule has 86 valence electrons. The monoisotopic (exact) mass is 216 g/mol. The van der Waals surface area contributed by atoms with Crippen LogP contribution in [0.25, 0.3) is 0 Å². The van der Waals surface area contributed by atoms with E-state index in [1.807, 2.05) is 0 Å². The summed E-state index contributed by atoms with van der Waals surface area (Å²) >= 11 is 0. The summed E-state index contributed by atoms with van der Waals surface area (Å²) in [6.07, 6.45) is 2.79. The van der Waals surface area contributed by atoms with Gasteiger partial charge < -0.3 is 4.90 Å². The zero-order valence-corrected chi connectivity index (χ0v) is 10.2. The molecule has 1 aromatic carbocycles. The zero-order valence-electron chi connectivity index (χ0n) is 10.2. The van der Waals surface area contributed by atoms with Crippen molar-refractivity contribution < 1.29 is 0 Å². The highest BCUT2D eigenvalue weighted by molar-refractivity contribution is 5.21. The van der Waals surface area contributed by atoms with Gasteiger partial charge in [-0.25, -0.2) is 0 Å². The second-order valence-electron chi connectivity index (χ2n) is 4.34. The van der Waals surface area contributed by atoms with Crippen molar-refractivity contribution in [1.82, 2.24) is 4.90 Å². The van der Waals surface area contributed by atoms with E-state index in [2.05, 4.69) is 49.2 Å². The first-order valence-electron chi connectivity index (χ1n) is 5.83. The molecule has 0 aliphatic rings. The molecule has 0 aromatic heterocycles. The lowest BCUT2D eigenvalue weighted by atomic mass is 10.1. The van der Waals surface area contributed by atoms with Gasteiger partial charge in [-0.3, -0.25) is 0 Å². The van der Waals surface area contributed by atoms with Crippen LogP contribution in [-0.2, 0) is 6.54 Å². The lowest BCUT2D eigenvalue weighted by Crippen LogP contribution is -2.18. The average molecular weight is 216 g/mol. The molecule has 0 spiro atoms. The fourth-order valence-corrected chi connectivity index (χ4v) is 1.67. The molecule has 0 radical (unpaired) electrons. The molecule has 1 rings (SSSR count). The number of hydrogen-bond acceptors (Lipinski definition) is 2. The molecule has 0 N–H and O–H groups in total. The SMILES string of the molecule is Cc1ccc(CN(C)CCCCC#N)cc1. The Bertz CT molecular complexity index is 335. The van der Waals surface area contributed by atoms with Gasteiger partial charge in [0.25, 0.3) is 0 Å². The molecule has 2 heteroatoms. The first kappa shape index (κ1) is 12.7. The van der Waals surface area contributed by atoms with E-state index in [0.717, 1.165) is 25.9 Å². The Balaban J connectivity index is 2.26. The summed E-state index contributed by atoms with van der Waals surface area (Å²) in [6, 6.07) is 10.8. The van der Waals surface area contributed by atoms with Crippen LogP contribution >= 0.6 is 0 Å². The van der Waals surface area contributed by atoms with Crippen LogP contribution in [0.4, 0.5) is 0 Å². The van der Waals surface area contributed by atoms with E-state index < -0.39 is 0 Å². The molecule has 1 aromatic rings. The van der Waals surface area contributed by atoms with Gasteiger partial charge in [-0.1, -0.05) is 29.8 Å². The molecular formula is C14H20N2.